The Morgan fingerprint density at radius 2 is 0.893 bits per heavy atom. The molecule has 0 aliphatic heterocycles. The molecule has 0 bridgehead atoms. The van der Waals surface area contributed by atoms with Crippen molar-refractivity contribution in [1.82, 2.24) is 0 Å². The summed E-state index contributed by atoms with van der Waals surface area (Å²) in [5.74, 6) is -1.07. The average molecular weight is 382 g/mol. The summed E-state index contributed by atoms with van der Waals surface area (Å²) < 4.78 is 9.07. The van der Waals surface area contributed by atoms with Crippen LogP contribution in [0.1, 0.15) is 46.4 Å². The van der Waals surface area contributed by atoms with Gasteiger partial charge in [0.1, 0.15) is 0 Å². The molecule has 2 rings (SSSR count). The van der Waals surface area contributed by atoms with E-state index >= 15 is 0 Å². The second kappa shape index (κ2) is 10.2. The summed E-state index contributed by atoms with van der Waals surface area (Å²) >= 11 is 0. The van der Waals surface area contributed by atoms with Crippen molar-refractivity contribution in [2.75, 3.05) is 14.2 Å². The molecule has 2 aromatic carbocycles. The smallest absolute Gasteiger partial charge is 0.305 e. The van der Waals surface area contributed by atoms with Crippen LogP contribution in [0.2, 0.25) is 0 Å². The number of Topliss-reactive ketones (excluding diaryl/α,β-unsaturated/α-hetero) is 2. The van der Waals surface area contributed by atoms with Gasteiger partial charge in [0.2, 0.25) is 0 Å². The molecule has 0 N–H and O–H groups in total. The van der Waals surface area contributed by atoms with Crippen LogP contribution < -0.4 is 0 Å². The maximum Gasteiger partial charge on any atom is 0.305 e. The Morgan fingerprint density at radius 1 is 0.571 bits per heavy atom. The summed E-state index contributed by atoms with van der Waals surface area (Å²) in [6.45, 7) is 0. The second-order valence-electron chi connectivity index (χ2n) is 6.15. The van der Waals surface area contributed by atoms with E-state index in [-0.39, 0.29) is 37.2 Å². The fourth-order valence-corrected chi connectivity index (χ4v) is 2.62. The Bertz CT molecular complexity index is 776. The quantitative estimate of drug-likeness (QED) is 0.486. The van der Waals surface area contributed by atoms with Gasteiger partial charge < -0.3 is 9.47 Å². The van der Waals surface area contributed by atoms with Crippen molar-refractivity contribution >= 4 is 23.5 Å². The van der Waals surface area contributed by atoms with E-state index in [0.29, 0.717) is 11.1 Å². The zero-order valence-electron chi connectivity index (χ0n) is 15.9. The molecule has 0 aliphatic carbocycles. The molecule has 0 saturated carbocycles. The standard InChI is InChI=1S/C22H22O6/c1-27-21(25)13-11-19(23)17-7-3-15(4-8-17)16-5-9-18(10-6-16)20(24)12-14-22(26)28-2/h3-10H,11-14H2,1-2H3. The van der Waals surface area contributed by atoms with E-state index in [2.05, 4.69) is 9.47 Å². The SMILES string of the molecule is COC(=O)CCC(=O)c1ccc(-c2ccc(C(=O)CCC(=O)OC)cc2)cc1. The molecule has 0 spiro atoms. The van der Waals surface area contributed by atoms with Crippen molar-refractivity contribution in [1.29, 1.82) is 0 Å². The molecule has 6 heteroatoms. The number of methoxy groups -OCH3 is 2. The number of hydrogen-bond acceptors (Lipinski definition) is 6. The lowest BCUT2D eigenvalue weighted by Crippen LogP contribution is -2.06. The van der Waals surface area contributed by atoms with Gasteiger partial charge >= 0.3 is 11.9 Å². The molecule has 0 saturated heterocycles. The van der Waals surface area contributed by atoms with Crippen LogP contribution in [-0.4, -0.2) is 37.7 Å². The molecule has 0 atom stereocenters. The van der Waals surface area contributed by atoms with Crippen molar-refractivity contribution in [3.05, 3.63) is 59.7 Å². The molecule has 146 valence electrons. The zero-order valence-corrected chi connectivity index (χ0v) is 15.9. The summed E-state index contributed by atoms with van der Waals surface area (Å²) in [6.07, 6.45) is 0.327. The minimum absolute atomic E-state index is 0.0581. The predicted octanol–water partition coefficient (Wildman–Crippen LogP) is 3.63. The van der Waals surface area contributed by atoms with Gasteiger partial charge in [-0.25, -0.2) is 0 Å². The molecule has 0 aliphatic rings. The zero-order chi connectivity index (χ0) is 20.5. The van der Waals surface area contributed by atoms with Gasteiger partial charge in [0.05, 0.1) is 27.1 Å². The third-order valence-electron chi connectivity index (χ3n) is 4.31. The first-order chi connectivity index (χ1) is 13.4. The van der Waals surface area contributed by atoms with Crippen molar-refractivity contribution in [3.8, 4) is 11.1 Å². The lowest BCUT2D eigenvalue weighted by atomic mass is 9.98. The van der Waals surface area contributed by atoms with Gasteiger partial charge in [0.15, 0.2) is 11.6 Å². The maximum atomic E-state index is 12.1. The molecule has 0 fully saturated rings. The fraction of sp³-hybridized carbons (Fsp3) is 0.273. The highest BCUT2D eigenvalue weighted by Crippen LogP contribution is 2.21. The van der Waals surface area contributed by atoms with Crippen LogP contribution in [0.4, 0.5) is 0 Å². The molecular weight excluding hydrogens is 360 g/mol. The molecule has 0 heterocycles. The number of carbonyl (C=O) groups excluding carboxylic acids is 4. The summed E-state index contributed by atoms with van der Waals surface area (Å²) in [5.41, 5.74) is 2.86. The molecule has 0 unspecified atom stereocenters. The minimum atomic E-state index is -0.411. The number of rotatable bonds is 9. The van der Waals surface area contributed by atoms with Crippen molar-refractivity contribution in [2.24, 2.45) is 0 Å². The number of hydrogen-bond donors (Lipinski definition) is 0. The number of ether oxygens (including phenoxy) is 2. The lowest BCUT2D eigenvalue weighted by molar-refractivity contribution is -0.141. The minimum Gasteiger partial charge on any atom is -0.469 e. The van der Waals surface area contributed by atoms with Gasteiger partial charge in [0, 0.05) is 24.0 Å². The third-order valence-corrected chi connectivity index (χ3v) is 4.31. The van der Waals surface area contributed by atoms with E-state index in [9.17, 15) is 19.2 Å². The molecule has 28 heavy (non-hydrogen) atoms. The molecule has 2 aromatic rings. The highest BCUT2D eigenvalue weighted by Gasteiger charge is 2.11. The van der Waals surface area contributed by atoms with E-state index < -0.39 is 11.9 Å². The maximum absolute atomic E-state index is 12.1. The Hall–Kier alpha value is -3.28. The van der Waals surface area contributed by atoms with Gasteiger partial charge in [-0.2, -0.15) is 0 Å². The summed E-state index contributed by atoms with van der Waals surface area (Å²) in [5, 5.41) is 0. The predicted molar refractivity (Wildman–Crippen MR) is 103 cm³/mol. The molecule has 0 aromatic heterocycles. The van der Waals surface area contributed by atoms with Gasteiger partial charge in [-0.15, -0.1) is 0 Å². The van der Waals surface area contributed by atoms with E-state index in [1.54, 1.807) is 24.3 Å². The van der Waals surface area contributed by atoms with Gasteiger partial charge in [0.25, 0.3) is 0 Å². The van der Waals surface area contributed by atoms with Crippen LogP contribution in [-0.2, 0) is 19.1 Å². The highest BCUT2D eigenvalue weighted by molar-refractivity contribution is 5.99. The van der Waals surface area contributed by atoms with Crippen LogP contribution in [0.15, 0.2) is 48.5 Å². The van der Waals surface area contributed by atoms with Gasteiger partial charge in [-0.1, -0.05) is 48.5 Å². The number of esters is 2. The largest absolute Gasteiger partial charge is 0.469 e. The Labute approximate surface area is 163 Å². The summed E-state index contributed by atoms with van der Waals surface area (Å²) in [7, 11) is 2.58. The van der Waals surface area contributed by atoms with Gasteiger partial charge in [-0.3, -0.25) is 19.2 Å². The molecule has 0 radical (unpaired) electrons. The number of carbonyl (C=O) groups is 4. The summed E-state index contributed by atoms with van der Waals surface area (Å²) in [6, 6.07) is 14.1. The van der Waals surface area contributed by atoms with Gasteiger partial charge in [-0.05, 0) is 11.1 Å². The Kier molecular flexibility index (Phi) is 7.63. The van der Waals surface area contributed by atoms with Crippen LogP contribution >= 0.6 is 0 Å². The van der Waals surface area contributed by atoms with Crippen LogP contribution in [0, 0.1) is 0 Å². The first-order valence-corrected chi connectivity index (χ1v) is 8.85. The first-order valence-electron chi connectivity index (χ1n) is 8.85. The van der Waals surface area contributed by atoms with Crippen molar-refractivity contribution in [2.45, 2.75) is 25.7 Å². The van der Waals surface area contributed by atoms with Crippen LogP contribution in [0.3, 0.4) is 0 Å². The topological polar surface area (TPSA) is 86.7 Å². The van der Waals surface area contributed by atoms with E-state index in [1.807, 2.05) is 24.3 Å². The summed E-state index contributed by atoms with van der Waals surface area (Å²) in [4.78, 5) is 46.4. The normalized spacial score (nSPS) is 10.2. The number of ketones is 2. The van der Waals surface area contributed by atoms with Crippen molar-refractivity contribution in [3.63, 3.8) is 0 Å². The monoisotopic (exact) mass is 382 g/mol. The first kappa shape index (κ1) is 21.0. The fourth-order valence-electron chi connectivity index (χ4n) is 2.62. The second-order valence-corrected chi connectivity index (χ2v) is 6.15. The number of benzene rings is 2. The Morgan fingerprint density at radius 3 is 1.18 bits per heavy atom. The third kappa shape index (κ3) is 5.87. The lowest BCUT2D eigenvalue weighted by Gasteiger charge is -2.06. The van der Waals surface area contributed by atoms with E-state index in [4.69, 9.17) is 0 Å². The van der Waals surface area contributed by atoms with Crippen LogP contribution in [0.25, 0.3) is 11.1 Å². The highest BCUT2D eigenvalue weighted by atomic mass is 16.5. The van der Waals surface area contributed by atoms with Crippen molar-refractivity contribution < 1.29 is 28.7 Å². The Balaban J connectivity index is 2.00. The molecular formula is C22H22O6. The molecule has 0 amide bonds. The van der Waals surface area contributed by atoms with E-state index in [0.717, 1.165) is 11.1 Å². The molecule has 6 nitrogen and oxygen atoms in total. The van der Waals surface area contributed by atoms with Crippen LogP contribution in [0.5, 0.6) is 0 Å². The van der Waals surface area contributed by atoms with E-state index in [1.165, 1.54) is 14.2 Å². The average Bonchev–Trinajstić information content (AvgIpc) is 2.75.